The molecule has 0 fully saturated rings. The van der Waals surface area contributed by atoms with Crippen molar-refractivity contribution in [1.82, 2.24) is 10.6 Å². The van der Waals surface area contributed by atoms with Crippen LogP contribution in [0.2, 0.25) is 0 Å². The van der Waals surface area contributed by atoms with Gasteiger partial charge >= 0.3 is 0 Å². The van der Waals surface area contributed by atoms with Crippen molar-refractivity contribution in [3.05, 3.63) is 53.6 Å². The van der Waals surface area contributed by atoms with Gasteiger partial charge in [0.2, 0.25) is 12.7 Å². The number of ether oxygens (including phenoxy) is 2. The minimum atomic E-state index is 0. The van der Waals surface area contributed by atoms with E-state index in [9.17, 15) is 4.79 Å². The summed E-state index contributed by atoms with van der Waals surface area (Å²) >= 11 is 0. The second-order valence-electron chi connectivity index (χ2n) is 6.98. The molecule has 0 aliphatic carbocycles. The van der Waals surface area contributed by atoms with Crippen molar-refractivity contribution in [1.29, 1.82) is 0 Å². The number of carbonyl (C=O) groups is 1. The van der Waals surface area contributed by atoms with E-state index < -0.39 is 0 Å². The van der Waals surface area contributed by atoms with Gasteiger partial charge in [0.05, 0.1) is 0 Å². The molecule has 0 saturated carbocycles. The van der Waals surface area contributed by atoms with E-state index in [0.29, 0.717) is 12.5 Å². The maximum atomic E-state index is 12.7. The Hall–Kier alpha value is -2.49. The number of anilines is 1. The maximum absolute atomic E-state index is 12.7. The van der Waals surface area contributed by atoms with Crippen LogP contribution < -0.4 is 25.0 Å². The van der Waals surface area contributed by atoms with Crippen LogP contribution in [0.1, 0.15) is 18.1 Å². The molecule has 8 heteroatoms. The van der Waals surface area contributed by atoms with Crippen LogP contribution in [-0.4, -0.2) is 44.8 Å². The number of fused-ring (bicyclic) bond motifs is 2. The first-order chi connectivity index (χ1) is 14.2. The third-order valence-electron chi connectivity index (χ3n) is 5.05. The number of amides is 1. The minimum Gasteiger partial charge on any atom is -0.454 e. The van der Waals surface area contributed by atoms with E-state index in [2.05, 4.69) is 21.7 Å². The van der Waals surface area contributed by atoms with Crippen LogP contribution >= 0.6 is 24.0 Å². The molecular weight excluding hydrogens is 495 g/mol. The van der Waals surface area contributed by atoms with Gasteiger partial charge in [-0.15, -0.1) is 24.0 Å². The molecule has 0 saturated heterocycles. The van der Waals surface area contributed by atoms with Crippen molar-refractivity contribution in [3.63, 3.8) is 0 Å². The van der Waals surface area contributed by atoms with E-state index in [1.807, 2.05) is 48.2 Å². The van der Waals surface area contributed by atoms with Crippen molar-refractivity contribution >= 4 is 41.5 Å². The number of nitrogens with zero attached hydrogens (tertiary/aromatic N) is 2. The lowest BCUT2D eigenvalue weighted by atomic mass is 10.1. The Morgan fingerprint density at radius 3 is 2.83 bits per heavy atom. The number of benzene rings is 2. The van der Waals surface area contributed by atoms with Gasteiger partial charge in [0, 0.05) is 25.3 Å². The molecule has 0 unspecified atom stereocenters. The number of hydrogen-bond acceptors (Lipinski definition) is 4. The molecular formula is C22H27IN4O3. The van der Waals surface area contributed by atoms with Crippen molar-refractivity contribution in [2.45, 2.75) is 19.8 Å². The van der Waals surface area contributed by atoms with Crippen LogP contribution in [0, 0.1) is 0 Å². The summed E-state index contributed by atoms with van der Waals surface area (Å²) in [5.41, 5.74) is 3.38. The van der Waals surface area contributed by atoms with Crippen LogP contribution in [0.5, 0.6) is 11.5 Å². The maximum Gasteiger partial charge on any atom is 0.248 e. The number of para-hydroxylation sites is 1. The third kappa shape index (κ3) is 5.16. The Labute approximate surface area is 193 Å². The predicted molar refractivity (Wildman–Crippen MR) is 128 cm³/mol. The van der Waals surface area contributed by atoms with Crippen LogP contribution in [0.15, 0.2) is 47.5 Å². The van der Waals surface area contributed by atoms with E-state index in [-0.39, 0.29) is 43.2 Å². The molecule has 1 amide bonds. The second-order valence-corrected chi connectivity index (χ2v) is 6.98. The molecule has 4 rings (SSSR count). The summed E-state index contributed by atoms with van der Waals surface area (Å²) < 4.78 is 10.8. The van der Waals surface area contributed by atoms with E-state index >= 15 is 0 Å². The standard InChI is InChI=1S/C22H26N4O3.HI/c1-2-23-22(24-11-9-16-7-8-19-20(13-16)29-15-28-19)25-14-21(27)26-12-10-17-5-3-4-6-18(17)26;/h3-8,13H,2,9-12,14-15H2,1H3,(H2,23,24,25);1H. The summed E-state index contributed by atoms with van der Waals surface area (Å²) in [5.74, 6) is 2.25. The molecule has 2 aliphatic heterocycles. The van der Waals surface area contributed by atoms with E-state index in [1.165, 1.54) is 5.56 Å². The molecule has 2 N–H and O–H groups in total. The molecule has 0 spiro atoms. The fourth-order valence-corrected chi connectivity index (χ4v) is 3.59. The summed E-state index contributed by atoms with van der Waals surface area (Å²) in [7, 11) is 0. The van der Waals surface area contributed by atoms with Crippen LogP contribution in [0.4, 0.5) is 5.69 Å². The number of aliphatic imine (C=N–C) groups is 1. The van der Waals surface area contributed by atoms with Crippen LogP contribution in [0.25, 0.3) is 0 Å². The molecule has 0 atom stereocenters. The van der Waals surface area contributed by atoms with Gasteiger partial charge in [-0.05, 0) is 49.1 Å². The van der Waals surface area contributed by atoms with Crippen molar-refractivity contribution in [3.8, 4) is 11.5 Å². The molecule has 0 radical (unpaired) electrons. The SMILES string of the molecule is CCNC(=NCC(=O)N1CCc2ccccc21)NCCc1ccc2c(c1)OCO2.I. The van der Waals surface area contributed by atoms with Gasteiger partial charge in [0.15, 0.2) is 17.5 Å². The average Bonchev–Trinajstić information content (AvgIpc) is 3.38. The molecule has 2 heterocycles. The lowest BCUT2D eigenvalue weighted by molar-refractivity contribution is -0.117. The van der Waals surface area contributed by atoms with Crippen LogP contribution in [0.3, 0.4) is 0 Å². The van der Waals surface area contributed by atoms with Gasteiger partial charge in [-0.3, -0.25) is 4.79 Å². The highest BCUT2D eigenvalue weighted by Crippen LogP contribution is 2.32. The van der Waals surface area contributed by atoms with Gasteiger partial charge < -0.3 is 25.0 Å². The zero-order chi connectivity index (χ0) is 20.1. The fourth-order valence-electron chi connectivity index (χ4n) is 3.59. The summed E-state index contributed by atoms with van der Waals surface area (Å²) in [6.45, 7) is 4.57. The summed E-state index contributed by atoms with van der Waals surface area (Å²) in [5, 5.41) is 6.50. The van der Waals surface area contributed by atoms with Gasteiger partial charge in [-0.1, -0.05) is 24.3 Å². The van der Waals surface area contributed by atoms with Crippen molar-refractivity contribution in [2.24, 2.45) is 4.99 Å². The Morgan fingerprint density at radius 2 is 1.97 bits per heavy atom. The first-order valence-electron chi connectivity index (χ1n) is 10.0. The van der Waals surface area contributed by atoms with Crippen molar-refractivity contribution < 1.29 is 14.3 Å². The van der Waals surface area contributed by atoms with Crippen LogP contribution in [-0.2, 0) is 17.6 Å². The molecule has 0 bridgehead atoms. The highest BCUT2D eigenvalue weighted by atomic mass is 127. The number of halogens is 1. The Bertz CT molecular complexity index is 919. The molecule has 2 aromatic carbocycles. The van der Waals surface area contributed by atoms with E-state index in [4.69, 9.17) is 9.47 Å². The Kier molecular flexibility index (Phi) is 7.78. The number of hydrogen-bond donors (Lipinski definition) is 2. The number of guanidine groups is 1. The largest absolute Gasteiger partial charge is 0.454 e. The predicted octanol–water partition coefficient (Wildman–Crippen LogP) is 2.72. The Morgan fingerprint density at radius 1 is 1.13 bits per heavy atom. The van der Waals surface area contributed by atoms with Gasteiger partial charge in [0.25, 0.3) is 0 Å². The number of nitrogens with one attached hydrogen (secondary N) is 2. The molecule has 30 heavy (non-hydrogen) atoms. The third-order valence-corrected chi connectivity index (χ3v) is 5.05. The number of carbonyl (C=O) groups excluding carboxylic acids is 1. The second kappa shape index (κ2) is 10.5. The lowest BCUT2D eigenvalue weighted by Crippen LogP contribution is -2.39. The van der Waals surface area contributed by atoms with Gasteiger partial charge in [-0.2, -0.15) is 0 Å². The van der Waals surface area contributed by atoms with Crippen molar-refractivity contribution in [2.75, 3.05) is 37.9 Å². The number of rotatable bonds is 6. The topological polar surface area (TPSA) is 75.2 Å². The smallest absolute Gasteiger partial charge is 0.248 e. The summed E-state index contributed by atoms with van der Waals surface area (Å²) in [6, 6.07) is 14.0. The molecule has 160 valence electrons. The van der Waals surface area contributed by atoms with E-state index in [1.54, 1.807) is 0 Å². The summed E-state index contributed by atoms with van der Waals surface area (Å²) in [4.78, 5) is 19.0. The monoisotopic (exact) mass is 522 g/mol. The van der Waals surface area contributed by atoms with Gasteiger partial charge in [0.1, 0.15) is 6.54 Å². The fraction of sp³-hybridized carbons (Fsp3) is 0.364. The highest BCUT2D eigenvalue weighted by Gasteiger charge is 2.23. The molecule has 2 aromatic rings. The van der Waals surface area contributed by atoms with Gasteiger partial charge in [-0.25, -0.2) is 4.99 Å². The van der Waals surface area contributed by atoms with E-state index in [0.717, 1.165) is 48.7 Å². The molecule has 0 aromatic heterocycles. The quantitative estimate of drug-likeness (QED) is 0.347. The normalized spacial score (nSPS) is 14.2. The lowest BCUT2D eigenvalue weighted by Gasteiger charge is -2.17. The highest BCUT2D eigenvalue weighted by molar-refractivity contribution is 14.0. The molecule has 2 aliphatic rings. The minimum absolute atomic E-state index is 0. The zero-order valence-electron chi connectivity index (χ0n) is 17.0. The molecule has 7 nitrogen and oxygen atoms in total. The average molecular weight is 522 g/mol. The first-order valence-corrected chi connectivity index (χ1v) is 10.0. The Balaban J connectivity index is 0.00000256. The first kappa shape index (κ1) is 22.2. The zero-order valence-corrected chi connectivity index (χ0v) is 19.3. The summed E-state index contributed by atoms with van der Waals surface area (Å²) in [6.07, 6.45) is 1.72.